The van der Waals surface area contributed by atoms with Crippen molar-refractivity contribution in [2.24, 2.45) is 5.92 Å². The zero-order valence-corrected chi connectivity index (χ0v) is 10.9. The SMILES string of the molecule is C=C(CNC1CN2CCC1CC2)c1ccccc1. The van der Waals surface area contributed by atoms with Crippen LogP contribution in [0.15, 0.2) is 36.9 Å². The van der Waals surface area contributed by atoms with Crippen molar-refractivity contribution in [3.63, 3.8) is 0 Å². The number of hydrogen-bond donors (Lipinski definition) is 1. The van der Waals surface area contributed by atoms with Gasteiger partial charge < -0.3 is 10.2 Å². The Balaban J connectivity index is 1.54. The van der Waals surface area contributed by atoms with E-state index in [0.29, 0.717) is 6.04 Å². The Morgan fingerprint density at radius 1 is 1.22 bits per heavy atom. The van der Waals surface area contributed by atoms with Gasteiger partial charge in [0.15, 0.2) is 0 Å². The largest absolute Gasteiger partial charge is 0.308 e. The molecule has 1 aromatic carbocycles. The second-order valence-electron chi connectivity index (χ2n) is 5.60. The highest BCUT2D eigenvalue weighted by atomic mass is 15.2. The fourth-order valence-electron chi connectivity index (χ4n) is 3.23. The Morgan fingerprint density at radius 3 is 2.56 bits per heavy atom. The van der Waals surface area contributed by atoms with Gasteiger partial charge in [-0.05, 0) is 43.0 Å². The molecule has 0 spiro atoms. The van der Waals surface area contributed by atoms with Crippen LogP contribution in [0, 0.1) is 5.92 Å². The maximum Gasteiger partial charge on any atom is 0.0227 e. The molecule has 2 heteroatoms. The zero-order valence-electron chi connectivity index (χ0n) is 10.9. The van der Waals surface area contributed by atoms with Gasteiger partial charge in [-0.2, -0.15) is 0 Å². The molecule has 0 aromatic heterocycles. The first-order valence-corrected chi connectivity index (χ1v) is 7.02. The smallest absolute Gasteiger partial charge is 0.0227 e. The van der Waals surface area contributed by atoms with Crippen molar-refractivity contribution >= 4 is 5.57 Å². The minimum atomic E-state index is 0.674. The summed E-state index contributed by atoms with van der Waals surface area (Å²) in [5, 5.41) is 3.71. The van der Waals surface area contributed by atoms with E-state index in [-0.39, 0.29) is 0 Å². The molecule has 1 N–H and O–H groups in total. The number of nitrogens with one attached hydrogen (secondary N) is 1. The Kier molecular flexibility index (Phi) is 3.48. The highest BCUT2D eigenvalue weighted by Gasteiger charge is 2.33. The lowest BCUT2D eigenvalue weighted by Crippen LogP contribution is -2.56. The molecular formula is C16H22N2. The van der Waals surface area contributed by atoms with Crippen molar-refractivity contribution in [2.45, 2.75) is 18.9 Å². The Bertz CT molecular complexity index is 404. The second-order valence-corrected chi connectivity index (χ2v) is 5.60. The molecule has 1 atom stereocenters. The number of rotatable bonds is 4. The van der Waals surface area contributed by atoms with Crippen molar-refractivity contribution in [3.05, 3.63) is 42.5 Å². The maximum absolute atomic E-state index is 4.20. The van der Waals surface area contributed by atoms with E-state index in [9.17, 15) is 0 Å². The molecule has 1 aromatic rings. The predicted octanol–water partition coefficient (Wildman–Crippen LogP) is 2.38. The van der Waals surface area contributed by atoms with Gasteiger partial charge in [0, 0.05) is 19.1 Å². The van der Waals surface area contributed by atoms with E-state index in [2.05, 4.69) is 47.1 Å². The molecule has 3 heterocycles. The highest BCUT2D eigenvalue weighted by Crippen LogP contribution is 2.27. The lowest BCUT2D eigenvalue weighted by molar-refractivity contribution is 0.0748. The van der Waals surface area contributed by atoms with Crippen molar-refractivity contribution in [1.29, 1.82) is 0 Å². The Labute approximate surface area is 110 Å². The van der Waals surface area contributed by atoms with Crippen LogP contribution in [0.3, 0.4) is 0 Å². The van der Waals surface area contributed by atoms with E-state index in [1.54, 1.807) is 0 Å². The maximum atomic E-state index is 4.20. The first-order chi connectivity index (χ1) is 8.83. The van der Waals surface area contributed by atoms with Crippen LogP contribution in [0.25, 0.3) is 5.57 Å². The molecule has 96 valence electrons. The average molecular weight is 242 g/mol. The van der Waals surface area contributed by atoms with Gasteiger partial charge in [-0.15, -0.1) is 0 Å². The summed E-state index contributed by atoms with van der Waals surface area (Å²) in [6, 6.07) is 11.2. The molecule has 2 bridgehead atoms. The molecule has 2 nitrogen and oxygen atoms in total. The van der Waals surface area contributed by atoms with Crippen LogP contribution < -0.4 is 5.32 Å². The van der Waals surface area contributed by atoms with E-state index in [1.165, 1.54) is 43.6 Å². The van der Waals surface area contributed by atoms with E-state index in [1.807, 2.05) is 0 Å². The molecule has 3 fully saturated rings. The summed E-state index contributed by atoms with van der Waals surface area (Å²) >= 11 is 0. The topological polar surface area (TPSA) is 15.3 Å². The first-order valence-electron chi connectivity index (χ1n) is 7.02. The van der Waals surface area contributed by atoms with Gasteiger partial charge in [0.2, 0.25) is 0 Å². The third kappa shape index (κ3) is 2.50. The first kappa shape index (κ1) is 11.9. The number of fused-ring (bicyclic) bond motifs is 3. The molecule has 0 saturated carbocycles. The molecule has 0 radical (unpaired) electrons. The summed E-state index contributed by atoms with van der Waals surface area (Å²) < 4.78 is 0. The Morgan fingerprint density at radius 2 is 1.94 bits per heavy atom. The minimum Gasteiger partial charge on any atom is -0.308 e. The van der Waals surface area contributed by atoms with Gasteiger partial charge in [0.05, 0.1) is 0 Å². The van der Waals surface area contributed by atoms with Crippen LogP contribution in [0.1, 0.15) is 18.4 Å². The number of nitrogens with zero attached hydrogens (tertiary/aromatic N) is 1. The fourth-order valence-corrected chi connectivity index (χ4v) is 3.23. The molecule has 0 amide bonds. The van der Waals surface area contributed by atoms with Gasteiger partial charge in [0.1, 0.15) is 0 Å². The van der Waals surface area contributed by atoms with Crippen molar-refractivity contribution in [3.8, 4) is 0 Å². The number of hydrogen-bond acceptors (Lipinski definition) is 2. The third-order valence-corrected chi connectivity index (χ3v) is 4.42. The molecule has 3 aliphatic rings. The summed E-state index contributed by atoms with van der Waals surface area (Å²) in [5.41, 5.74) is 2.46. The van der Waals surface area contributed by atoms with Crippen LogP contribution in [-0.4, -0.2) is 37.1 Å². The number of piperidine rings is 3. The summed E-state index contributed by atoms with van der Waals surface area (Å²) in [6.45, 7) is 8.96. The van der Waals surface area contributed by atoms with Crippen LogP contribution in [0.4, 0.5) is 0 Å². The zero-order chi connectivity index (χ0) is 12.4. The van der Waals surface area contributed by atoms with E-state index in [4.69, 9.17) is 0 Å². The van der Waals surface area contributed by atoms with E-state index >= 15 is 0 Å². The molecule has 3 aliphatic heterocycles. The summed E-state index contributed by atoms with van der Waals surface area (Å²) in [4.78, 5) is 2.59. The van der Waals surface area contributed by atoms with Crippen molar-refractivity contribution in [2.75, 3.05) is 26.2 Å². The lowest BCUT2D eigenvalue weighted by Gasteiger charge is -2.45. The van der Waals surface area contributed by atoms with Gasteiger partial charge >= 0.3 is 0 Å². The highest BCUT2D eigenvalue weighted by molar-refractivity contribution is 5.64. The van der Waals surface area contributed by atoms with Gasteiger partial charge in [-0.3, -0.25) is 0 Å². The van der Waals surface area contributed by atoms with E-state index < -0.39 is 0 Å². The molecule has 1 unspecified atom stereocenters. The minimum absolute atomic E-state index is 0.674. The van der Waals surface area contributed by atoms with Crippen LogP contribution in [0.2, 0.25) is 0 Å². The lowest BCUT2D eigenvalue weighted by atomic mass is 9.84. The number of benzene rings is 1. The second kappa shape index (κ2) is 5.25. The van der Waals surface area contributed by atoms with Gasteiger partial charge in [-0.1, -0.05) is 36.9 Å². The van der Waals surface area contributed by atoms with Gasteiger partial charge in [0.25, 0.3) is 0 Å². The van der Waals surface area contributed by atoms with Crippen LogP contribution >= 0.6 is 0 Å². The predicted molar refractivity (Wildman–Crippen MR) is 76.4 cm³/mol. The molecule has 3 saturated heterocycles. The van der Waals surface area contributed by atoms with Crippen LogP contribution in [-0.2, 0) is 0 Å². The summed E-state index contributed by atoms with van der Waals surface area (Å²) in [7, 11) is 0. The summed E-state index contributed by atoms with van der Waals surface area (Å²) in [6.07, 6.45) is 2.74. The van der Waals surface area contributed by atoms with Gasteiger partial charge in [-0.25, -0.2) is 0 Å². The van der Waals surface area contributed by atoms with Crippen molar-refractivity contribution < 1.29 is 0 Å². The standard InChI is InChI=1S/C16H22N2/c1-13(14-5-3-2-4-6-14)11-17-16-12-18-9-7-15(16)8-10-18/h2-6,15-17H,1,7-12H2. The monoisotopic (exact) mass is 242 g/mol. The van der Waals surface area contributed by atoms with Crippen molar-refractivity contribution in [1.82, 2.24) is 10.2 Å². The Hall–Kier alpha value is -1.12. The normalized spacial score (nSPS) is 30.3. The van der Waals surface area contributed by atoms with E-state index in [0.717, 1.165) is 12.5 Å². The average Bonchev–Trinajstić information content (AvgIpc) is 2.47. The molecule has 4 rings (SSSR count). The third-order valence-electron chi connectivity index (χ3n) is 4.42. The quantitative estimate of drug-likeness (QED) is 0.872. The molecule has 0 aliphatic carbocycles. The van der Waals surface area contributed by atoms with Crippen LogP contribution in [0.5, 0.6) is 0 Å². The molecular weight excluding hydrogens is 220 g/mol. The fraction of sp³-hybridized carbons (Fsp3) is 0.500. The molecule has 18 heavy (non-hydrogen) atoms. The summed E-state index contributed by atoms with van der Waals surface area (Å²) in [5.74, 6) is 0.888.